The third-order valence-corrected chi connectivity index (χ3v) is 3.53. The summed E-state index contributed by atoms with van der Waals surface area (Å²) in [7, 11) is 3.20. The molecule has 1 aromatic carbocycles. The lowest BCUT2D eigenvalue weighted by Crippen LogP contribution is -2.28. The summed E-state index contributed by atoms with van der Waals surface area (Å²) in [6, 6.07) is 5.69. The number of nitrogens with one attached hydrogen (secondary N) is 2. The summed E-state index contributed by atoms with van der Waals surface area (Å²) in [6.07, 6.45) is 3.71. The molecule has 0 atom stereocenters. The van der Waals surface area contributed by atoms with Gasteiger partial charge in [-0.3, -0.25) is 4.79 Å². The molecule has 7 nitrogen and oxygen atoms in total. The Balaban J connectivity index is 1.89. The summed E-state index contributed by atoms with van der Waals surface area (Å²) < 4.78 is 10.5. The number of ether oxygens (including phenoxy) is 2. The number of carbonyl (C=O) groups is 1. The normalized spacial score (nSPS) is 11.0. The van der Waals surface area contributed by atoms with Gasteiger partial charge in [0, 0.05) is 12.1 Å². The minimum atomic E-state index is -0.250. The lowest BCUT2D eigenvalue weighted by molar-refractivity contribution is 0.0949. The molecule has 0 aliphatic rings. The smallest absolute Gasteiger partial charge is 0.271 e. The maximum absolute atomic E-state index is 12.2. The fourth-order valence-corrected chi connectivity index (χ4v) is 2.34. The van der Waals surface area contributed by atoms with Crippen molar-refractivity contribution in [3.8, 4) is 11.5 Å². The van der Waals surface area contributed by atoms with Crippen molar-refractivity contribution in [1.82, 2.24) is 15.3 Å². The molecule has 0 aliphatic heterocycles. The highest BCUT2D eigenvalue weighted by Gasteiger charge is 2.12. The SMILES string of the molecule is COc1ccc(CCNC(=O)c2cnc(NC(C)(C)C)cn2)cc1OC. The van der Waals surface area contributed by atoms with Gasteiger partial charge in [-0.05, 0) is 44.9 Å². The van der Waals surface area contributed by atoms with Gasteiger partial charge in [0.1, 0.15) is 11.5 Å². The van der Waals surface area contributed by atoms with Crippen molar-refractivity contribution in [1.29, 1.82) is 0 Å². The van der Waals surface area contributed by atoms with E-state index in [1.807, 2.05) is 39.0 Å². The Bertz CT molecular complexity index is 739. The van der Waals surface area contributed by atoms with Gasteiger partial charge in [0.2, 0.25) is 0 Å². The van der Waals surface area contributed by atoms with Crippen molar-refractivity contribution in [3.05, 3.63) is 41.9 Å². The Morgan fingerprint density at radius 3 is 2.38 bits per heavy atom. The number of aromatic nitrogens is 2. The first-order valence-corrected chi connectivity index (χ1v) is 8.41. The van der Waals surface area contributed by atoms with Crippen molar-refractivity contribution in [2.75, 3.05) is 26.1 Å². The van der Waals surface area contributed by atoms with Crippen LogP contribution in [-0.4, -0.2) is 42.2 Å². The van der Waals surface area contributed by atoms with Crippen LogP contribution >= 0.6 is 0 Å². The average Bonchev–Trinajstić information content (AvgIpc) is 2.60. The second-order valence-corrected chi connectivity index (χ2v) is 6.86. The van der Waals surface area contributed by atoms with Crippen LogP contribution in [0.25, 0.3) is 0 Å². The van der Waals surface area contributed by atoms with Crippen LogP contribution in [0.1, 0.15) is 36.8 Å². The molecule has 0 bridgehead atoms. The van der Waals surface area contributed by atoms with Gasteiger partial charge in [-0.1, -0.05) is 6.07 Å². The highest BCUT2D eigenvalue weighted by molar-refractivity contribution is 5.92. The first-order chi connectivity index (χ1) is 12.3. The maximum Gasteiger partial charge on any atom is 0.271 e. The second-order valence-electron chi connectivity index (χ2n) is 6.86. The van der Waals surface area contributed by atoms with Gasteiger partial charge in [0.25, 0.3) is 5.91 Å². The zero-order valence-electron chi connectivity index (χ0n) is 15.9. The molecule has 2 N–H and O–H groups in total. The number of benzene rings is 1. The second kappa shape index (κ2) is 8.51. The van der Waals surface area contributed by atoms with E-state index in [0.717, 1.165) is 5.56 Å². The van der Waals surface area contributed by atoms with Crippen LogP contribution in [0.4, 0.5) is 5.82 Å². The van der Waals surface area contributed by atoms with Crippen LogP contribution < -0.4 is 20.1 Å². The fourth-order valence-electron chi connectivity index (χ4n) is 2.34. The number of hydrogen-bond acceptors (Lipinski definition) is 6. The topological polar surface area (TPSA) is 85.4 Å². The lowest BCUT2D eigenvalue weighted by atomic mass is 10.1. The monoisotopic (exact) mass is 358 g/mol. The molecule has 0 radical (unpaired) electrons. The highest BCUT2D eigenvalue weighted by Crippen LogP contribution is 2.27. The summed E-state index contributed by atoms with van der Waals surface area (Å²) in [4.78, 5) is 20.6. The molecular weight excluding hydrogens is 332 g/mol. The van der Waals surface area contributed by atoms with Gasteiger partial charge in [0.15, 0.2) is 11.5 Å². The number of hydrogen-bond donors (Lipinski definition) is 2. The van der Waals surface area contributed by atoms with E-state index < -0.39 is 0 Å². The maximum atomic E-state index is 12.2. The van der Waals surface area contributed by atoms with Crippen LogP contribution in [0.2, 0.25) is 0 Å². The summed E-state index contributed by atoms with van der Waals surface area (Å²) in [5.74, 6) is 1.74. The van der Waals surface area contributed by atoms with Crippen molar-refractivity contribution < 1.29 is 14.3 Å². The highest BCUT2D eigenvalue weighted by atomic mass is 16.5. The van der Waals surface area contributed by atoms with Crippen molar-refractivity contribution in [2.45, 2.75) is 32.7 Å². The zero-order valence-corrected chi connectivity index (χ0v) is 15.9. The van der Waals surface area contributed by atoms with E-state index in [2.05, 4.69) is 20.6 Å². The van der Waals surface area contributed by atoms with Gasteiger partial charge < -0.3 is 20.1 Å². The summed E-state index contributed by atoms with van der Waals surface area (Å²) in [5.41, 5.74) is 1.22. The molecule has 2 rings (SSSR count). The minimum absolute atomic E-state index is 0.113. The summed E-state index contributed by atoms with van der Waals surface area (Å²) in [6.45, 7) is 6.58. The van der Waals surface area contributed by atoms with Crippen LogP contribution in [0.5, 0.6) is 11.5 Å². The van der Waals surface area contributed by atoms with Crippen molar-refractivity contribution in [2.24, 2.45) is 0 Å². The predicted molar refractivity (Wildman–Crippen MR) is 101 cm³/mol. The van der Waals surface area contributed by atoms with E-state index in [9.17, 15) is 4.79 Å². The van der Waals surface area contributed by atoms with E-state index in [4.69, 9.17) is 9.47 Å². The Labute approximate surface area is 154 Å². The first kappa shape index (κ1) is 19.5. The molecule has 0 saturated carbocycles. The Hall–Kier alpha value is -2.83. The molecule has 26 heavy (non-hydrogen) atoms. The molecule has 0 spiro atoms. The number of rotatable bonds is 7. The number of methoxy groups -OCH3 is 2. The molecule has 1 amide bonds. The molecule has 1 aromatic heterocycles. The standard InChI is InChI=1S/C19H26N4O3/c1-19(2,3)23-17-12-21-14(11-22-17)18(24)20-9-8-13-6-7-15(25-4)16(10-13)26-5/h6-7,10-12H,8-9H2,1-5H3,(H,20,24)(H,22,23). The van der Waals surface area contributed by atoms with Crippen molar-refractivity contribution >= 4 is 11.7 Å². The quantitative estimate of drug-likeness (QED) is 0.791. The van der Waals surface area contributed by atoms with E-state index in [0.29, 0.717) is 30.3 Å². The van der Waals surface area contributed by atoms with Gasteiger partial charge >= 0.3 is 0 Å². The van der Waals surface area contributed by atoms with Crippen LogP contribution in [-0.2, 0) is 6.42 Å². The molecule has 0 fully saturated rings. The number of nitrogens with zero attached hydrogens (tertiary/aromatic N) is 2. The molecule has 140 valence electrons. The van der Waals surface area contributed by atoms with E-state index in [1.165, 1.54) is 6.20 Å². The number of anilines is 1. The lowest BCUT2D eigenvalue weighted by Gasteiger charge is -2.20. The fraction of sp³-hybridized carbons (Fsp3) is 0.421. The van der Waals surface area contributed by atoms with Crippen LogP contribution in [0.15, 0.2) is 30.6 Å². The Morgan fingerprint density at radius 2 is 1.81 bits per heavy atom. The van der Waals surface area contributed by atoms with Gasteiger partial charge in [-0.15, -0.1) is 0 Å². The molecule has 1 heterocycles. The third-order valence-electron chi connectivity index (χ3n) is 3.53. The zero-order chi connectivity index (χ0) is 19.2. The summed E-state index contributed by atoms with van der Waals surface area (Å²) >= 11 is 0. The Kier molecular flexibility index (Phi) is 6.38. The average molecular weight is 358 g/mol. The number of amides is 1. The van der Waals surface area contributed by atoms with Gasteiger partial charge in [-0.2, -0.15) is 0 Å². The van der Waals surface area contributed by atoms with Crippen LogP contribution in [0.3, 0.4) is 0 Å². The predicted octanol–water partition coefficient (Wildman–Crippen LogP) is 2.68. The van der Waals surface area contributed by atoms with Gasteiger partial charge in [-0.25, -0.2) is 9.97 Å². The van der Waals surface area contributed by atoms with Crippen molar-refractivity contribution in [3.63, 3.8) is 0 Å². The van der Waals surface area contributed by atoms with E-state index in [-0.39, 0.29) is 17.1 Å². The molecule has 7 heteroatoms. The third kappa shape index (κ3) is 5.61. The minimum Gasteiger partial charge on any atom is -0.493 e. The number of carbonyl (C=O) groups excluding carboxylic acids is 1. The molecule has 0 unspecified atom stereocenters. The molecule has 0 aliphatic carbocycles. The summed E-state index contributed by atoms with van der Waals surface area (Å²) in [5, 5.41) is 6.05. The largest absolute Gasteiger partial charge is 0.493 e. The molecule has 0 saturated heterocycles. The molecular formula is C19H26N4O3. The van der Waals surface area contributed by atoms with E-state index >= 15 is 0 Å². The first-order valence-electron chi connectivity index (χ1n) is 8.41. The van der Waals surface area contributed by atoms with Gasteiger partial charge in [0.05, 0.1) is 26.6 Å². The molecule has 2 aromatic rings. The Morgan fingerprint density at radius 1 is 1.08 bits per heavy atom. The van der Waals surface area contributed by atoms with E-state index in [1.54, 1.807) is 20.4 Å². The van der Waals surface area contributed by atoms with Crippen LogP contribution in [0, 0.1) is 0 Å².